The summed E-state index contributed by atoms with van der Waals surface area (Å²) < 4.78 is 9.70. The van der Waals surface area contributed by atoms with Crippen molar-refractivity contribution >= 4 is 11.9 Å². The monoisotopic (exact) mass is 279 g/mol. The van der Waals surface area contributed by atoms with Gasteiger partial charge in [-0.05, 0) is 23.6 Å². The van der Waals surface area contributed by atoms with Gasteiger partial charge in [-0.25, -0.2) is 4.79 Å². The average molecular weight is 279 g/mol. The van der Waals surface area contributed by atoms with Crippen molar-refractivity contribution in [1.82, 2.24) is 5.32 Å². The molecule has 0 fully saturated rings. The topological polar surface area (TPSA) is 64.6 Å². The minimum absolute atomic E-state index is 0.0424. The summed E-state index contributed by atoms with van der Waals surface area (Å²) in [7, 11) is 2.92. The first-order valence-corrected chi connectivity index (χ1v) is 6.46. The number of amides is 1. The van der Waals surface area contributed by atoms with Gasteiger partial charge in [-0.3, -0.25) is 4.79 Å². The molecule has 20 heavy (non-hydrogen) atoms. The number of carbonyl (C=O) groups is 2. The molecule has 1 aromatic carbocycles. The Balaban J connectivity index is 2.76. The molecule has 0 saturated carbocycles. The van der Waals surface area contributed by atoms with E-state index in [4.69, 9.17) is 9.47 Å². The van der Waals surface area contributed by atoms with Gasteiger partial charge in [0.15, 0.2) is 0 Å². The first-order chi connectivity index (χ1) is 9.49. The van der Waals surface area contributed by atoms with Gasteiger partial charge >= 0.3 is 5.97 Å². The maximum Gasteiger partial charge on any atom is 0.328 e. The number of methoxy groups -OCH3 is 2. The van der Waals surface area contributed by atoms with Crippen LogP contribution in [0.15, 0.2) is 24.3 Å². The van der Waals surface area contributed by atoms with Gasteiger partial charge in [-0.1, -0.05) is 26.0 Å². The van der Waals surface area contributed by atoms with E-state index < -0.39 is 12.0 Å². The zero-order chi connectivity index (χ0) is 15.1. The van der Waals surface area contributed by atoms with E-state index in [1.807, 2.05) is 26.0 Å². The second kappa shape index (κ2) is 7.65. The third kappa shape index (κ3) is 4.35. The van der Waals surface area contributed by atoms with Gasteiger partial charge in [-0.2, -0.15) is 0 Å². The summed E-state index contributed by atoms with van der Waals surface area (Å²) in [5.41, 5.74) is 1.48. The zero-order valence-corrected chi connectivity index (χ0v) is 12.3. The number of nitrogens with one attached hydrogen (secondary N) is 1. The fourth-order valence-electron chi connectivity index (χ4n) is 1.77. The van der Waals surface area contributed by atoms with Gasteiger partial charge in [0.1, 0.15) is 6.04 Å². The number of hydrogen-bond acceptors (Lipinski definition) is 4. The van der Waals surface area contributed by atoms with Gasteiger partial charge in [0.05, 0.1) is 13.7 Å². The predicted molar refractivity (Wildman–Crippen MR) is 75.3 cm³/mol. The molecule has 0 saturated heterocycles. The van der Waals surface area contributed by atoms with Crippen LogP contribution in [0, 0.1) is 5.92 Å². The molecule has 1 N–H and O–H groups in total. The molecule has 0 bridgehead atoms. The highest BCUT2D eigenvalue weighted by Gasteiger charge is 2.25. The lowest BCUT2D eigenvalue weighted by molar-refractivity contribution is -0.144. The van der Waals surface area contributed by atoms with Crippen LogP contribution in [-0.4, -0.2) is 32.1 Å². The molecular weight excluding hydrogens is 258 g/mol. The van der Waals surface area contributed by atoms with Crippen molar-refractivity contribution in [1.29, 1.82) is 0 Å². The van der Waals surface area contributed by atoms with E-state index in [0.29, 0.717) is 12.2 Å². The SMILES string of the molecule is COCc1ccc(C(=O)NC(C(=O)OC)C(C)C)cc1. The molecule has 1 unspecified atom stereocenters. The number of carbonyl (C=O) groups excluding carboxylic acids is 2. The number of benzene rings is 1. The molecule has 0 aliphatic carbocycles. The van der Waals surface area contributed by atoms with E-state index in [-0.39, 0.29) is 11.8 Å². The van der Waals surface area contributed by atoms with Gasteiger partial charge < -0.3 is 14.8 Å². The molecule has 0 radical (unpaired) electrons. The maximum absolute atomic E-state index is 12.1. The van der Waals surface area contributed by atoms with Crippen LogP contribution >= 0.6 is 0 Å². The lowest BCUT2D eigenvalue weighted by Crippen LogP contribution is -2.45. The third-order valence-electron chi connectivity index (χ3n) is 2.94. The Hall–Kier alpha value is -1.88. The van der Waals surface area contributed by atoms with Crippen LogP contribution in [-0.2, 0) is 20.9 Å². The number of esters is 1. The molecule has 0 heterocycles. The summed E-state index contributed by atoms with van der Waals surface area (Å²) in [5, 5.41) is 2.69. The summed E-state index contributed by atoms with van der Waals surface area (Å²) in [4.78, 5) is 23.7. The van der Waals surface area contributed by atoms with Crippen LogP contribution in [0.1, 0.15) is 29.8 Å². The maximum atomic E-state index is 12.1. The van der Waals surface area contributed by atoms with Crippen molar-refractivity contribution in [2.75, 3.05) is 14.2 Å². The first kappa shape index (κ1) is 16.2. The van der Waals surface area contributed by atoms with Crippen molar-refractivity contribution in [3.05, 3.63) is 35.4 Å². The van der Waals surface area contributed by atoms with Crippen LogP contribution in [0.5, 0.6) is 0 Å². The molecule has 0 aliphatic heterocycles. The fraction of sp³-hybridized carbons (Fsp3) is 0.467. The van der Waals surface area contributed by atoms with Crippen molar-refractivity contribution in [2.45, 2.75) is 26.5 Å². The van der Waals surface area contributed by atoms with E-state index in [2.05, 4.69) is 5.32 Å². The van der Waals surface area contributed by atoms with Crippen molar-refractivity contribution < 1.29 is 19.1 Å². The number of hydrogen-bond donors (Lipinski definition) is 1. The highest BCUT2D eigenvalue weighted by Crippen LogP contribution is 2.08. The molecule has 1 rings (SSSR count). The standard InChI is InChI=1S/C15H21NO4/c1-10(2)13(15(18)20-4)16-14(17)12-7-5-11(6-8-12)9-19-3/h5-8,10,13H,9H2,1-4H3,(H,16,17). The van der Waals surface area contributed by atoms with Gasteiger partial charge in [0.25, 0.3) is 5.91 Å². The second-order valence-electron chi connectivity index (χ2n) is 4.85. The van der Waals surface area contributed by atoms with Crippen molar-refractivity contribution in [3.63, 3.8) is 0 Å². The lowest BCUT2D eigenvalue weighted by Gasteiger charge is -2.19. The molecule has 0 aliphatic rings. The highest BCUT2D eigenvalue weighted by atomic mass is 16.5. The van der Waals surface area contributed by atoms with E-state index in [9.17, 15) is 9.59 Å². The normalized spacial score (nSPS) is 12.1. The lowest BCUT2D eigenvalue weighted by atomic mass is 10.0. The van der Waals surface area contributed by atoms with E-state index in [1.54, 1.807) is 19.2 Å². The Kier molecular flexibility index (Phi) is 6.18. The third-order valence-corrected chi connectivity index (χ3v) is 2.94. The van der Waals surface area contributed by atoms with Crippen LogP contribution < -0.4 is 5.32 Å². The van der Waals surface area contributed by atoms with Gasteiger partial charge in [0, 0.05) is 12.7 Å². The molecule has 1 atom stereocenters. The largest absolute Gasteiger partial charge is 0.467 e. The van der Waals surface area contributed by atoms with E-state index in [0.717, 1.165) is 5.56 Å². The predicted octanol–water partition coefficient (Wildman–Crippen LogP) is 1.76. The van der Waals surface area contributed by atoms with Gasteiger partial charge in [-0.15, -0.1) is 0 Å². The molecule has 1 aromatic rings. The summed E-state index contributed by atoms with van der Waals surface area (Å²) in [5.74, 6) is -0.776. The Morgan fingerprint density at radius 2 is 1.75 bits per heavy atom. The average Bonchev–Trinajstić information content (AvgIpc) is 2.44. The molecule has 110 valence electrons. The Morgan fingerprint density at radius 3 is 2.20 bits per heavy atom. The van der Waals surface area contributed by atoms with Crippen LogP contribution in [0.3, 0.4) is 0 Å². The Bertz CT molecular complexity index is 453. The van der Waals surface area contributed by atoms with Crippen LogP contribution in [0.2, 0.25) is 0 Å². The number of rotatable bonds is 6. The summed E-state index contributed by atoms with van der Waals surface area (Å²) in [6.45, 7) is 4.20. The minimum atomic E-state index is -0.647. The Morgan fingerprint density at radius 1 is 1.15 bits per heavy atom. The van der Waals surface area contributed by atoms with Crippen LogP contribution in [0.25, 0.3) is 0 Å². The van der Waals surface area contributed by atoms with Gasteiger partial charge in [0.2, 0.25) is 0 Å². The fourth-order valence-corrected chi connectivity index (χ4v) is 1.77. The van der Waals surface area contributed by atoms with E-state index >= 15 is 0 Å². The van der Waals surface area contributed by atoms with Crippen molar-refractivity contribution in [3.8, 4) is 0 Å². The minimum Gasteiger partial charge on any atom is -0.467 e. The quantitative estimate of drug-likeness (QED) is 0.806. The molecule has 0 aromatic heterocycles. The smallest absolute Gasteiger partial charge is 0.328 e. The highest BCUT2D eigenvalue weighted by molar-refractivity contribution is 5.96. The van der Waals surface area contributed by atoms with Crippen LogP contribution in [0.4, 0.5) is 0 Å². The number of ether oxygens (including phenoxy) is 2. The molecule has 1 amide bonds. The molecule has 0 spiro atoms. The Labute approximate surface area is 119 Å². The summed E-state index contributed by atoms with van der Waals surface area (Å²) in [6.07, 6.45) is 0. The summed E-state index contributed by atoms with van der Waals surface area (Å²) >= 11 is 0. The molecule has 5 nitrogen and oxygen atoms in total. The second-order valence-corrected chi connectivity index (χ2v) is 4.85. The molecular formula is C15H21NO4. The first-order valence-electron chi connectivity index (χ1n) is 6.46. The molecule has 5 heteroatoms. The summed E-state index contributed by atoms with van der Waals surface area (Å²) in [6, 6.07) is 6.41. The van der Waals surface area contributed by atoms with Crippen molar-refractivity contribution in [2.24, 2.45) is 5.92 Å². The zero-order valence-electron chi connectivity index (χ0n) is 12.3. The van der Waals surface area contributed by atoms with E-state index in [1.165, 1.54) is 7.11 Å².